The van der Waals surface area contributed by atoms with Gasteiger partial charge < -0.3 is 24.6 Å². The number of benzene rings is 5. The Labute approximate surface area is 466 Å². The van der Waals surface area contributed by atoms with Crippen LogP contribution in [0.2, 0.25) is 30.1 Å². The molecule has 4 fully saturated rings. The van der Waals surface area contributed by atoms with Gasteiger partial charge in [-0.25, -0.2) is 4.79 Å². The Hall–Kier alpha value is -2.87. The van der Waals surface area contributed by atoms with E-state index < -0.39 is 11.0 Å². The van der Waals surface area contributed by atoms with Gasteiger partial charge in [-0.15, -0.1) is 0 Å². The second kappa shape index (κ2) is 28.3. The number of carbonyl (C=O) groups is 1. The average molecular weight is 1140 g/mol. The van der Waals surface area contributed by atoms with Crippen LogP contribution in [0.15, 0.2) is 109 Å². The third kappa shape index (κ3) is 17.1. The van der Waals surface area contributed by atoms with E-state index in [1.54, 1.807) is 7.11 Å². The molecule has 4 aliphatic rings. The molecule has 4 aliphatic heterocycles. The molecular formula is C55H64Cl8N6O3. The first-order chi connectivity index (χ1) is 34.7. The van der Waals surface area contributed by atoms with Gasteiger partial charge in [0, 0.05) is 90.6 Å². The van der Waals surface area contributed by atoms with Gasteiger partial charge in [-0.2, -0.15) is 0 Å². The van der Waals surface area contributed by atoms with E-state index in [0.717, 1.165) is 118 Å². The summed E-state index contributed by atoms with van der Waals surface area (Å²) in [6.07, 6.45) is 5.03. The van der Waals surface area contributed by atoms with E-state index in [1.165, 1.54) is 55.8 Å². The van der Waals surface area contributed by atoms with Crippen LogP contribution in [-0.4, -0.2) is 111 Å². The number of piperidine rings is 2. The Balaban J connectivity index is 0.000000192. The monoisotopic (exact) mass is 1140 g/mol. The van der Waals surface area contributed by atoms with Gasteiger partial charge in [-0.1, -0.05) is 118 Å². The third-order valence-corrected chi connectivity index (χ3v) is 15.7. The number of methoxy groups -OCH3 is 1. The number of halogens is 8. The second-order valence-corrected chi connectivity index (χ2v) is 22.4. The van der Waals surface area contributed by atoms with Crippen LogP contribution >= 0.6 is 92.8 Å². The lowest BCUT2D eigenvalue weighted by atomic mass is 9.94. The number of rotatable bonds is 12. The Morgan fingerprint density at radius 2 is 1.03 bits per heavy atom. The van der Waals surface area contributed by atoms with Crippen molar-refractivity contribution in [3.63, 3.8) is 0 Å². The summed E-state index contributed by atoms with van der Waals surface area (Å²) in [6.45, 7) is 15.3. The van der Waals surface area contributed by atoms with Crippen molar-refractivity contribution >= 4 is 110 Å². The van der Waals surface area contributed by atoms with Gasteiger partial charge in [0.05, 0.1) is 40.6 Å². The molecule has 388 valence electrons. The summed E-state index contributed by atoms with van der Waals surface area (Å²) < 4.78 is 9.43. The lowest BCUT2D eigenvalue weighted by Crippen LogP contribution is -2.50. The van der Waals surface area contributed by atoms with E-state index in [0.29, 0.717) is 20.1 Å². The largest absolute Gasteiger partial charge is 0.497 e. The quantitative estimate of drug-likeness (QED) is 0.0972. The normalized spacial score (nSPS) is 19.9. The summed E-state index contributed by atoms with van der Waals surface area (Å²) in [4.78, 5) is 22.4. The molecular weight excluding hydrogens is 1080 g/mol. The molecule has 0 amide bonds. The SMILES string of the molecule is CC(Cl)OC(=O)Cl.COc1ccc(CN2CCC(CN3CCN(c4ccc(Cl)cc4Cl)[C@H](c4ccc(Cl)cc4)C3)CC2)cc1.Clc1ccc([C@@H]2CN(CC3CCNCC3)CCN2c2ccc(Cl)cc2Cl)cc1. The molecule has 4 saturated heterocycles. The van der Waals surface area contributed by atoms with Crippen molar-refractivity contribution in [2.45, 2.75) is 56.8 Å². The minimum atomic E-state index is -0.873. The number of ether oxygens (including phenoxy) is 2. The minimum absolute atomic E-state index is 0.208. The minimum Gasteiger partial charge on any atom is -0.497 e. The third-order valence-electron chi connectivity index (χ3n) is 13.9. The molecule has 4 heterocycles. The molecule has 5 aromatic rings. The van der Waals surface area contributed by atoms with Gasteiger partial charge in [-0.05, 0) is 160 Å². The fourth-order valence-corrected chi connectivity index (χ4v) is 11.7. The van der Waals surface area contributed by atoms with E-state index in [4.69, 9.17) is 97.5 Å². The summed E-state index contributed by atoms with van der Waals surface area (Å²) >= 11 is 47.8. The molecule has 0 radical (unpaired) electrons. The van der Waals surface area contributed by atoms with Crippen molar-refractivity contribution in [1.29, 1.82) is 0 Å². The summed E-state index contributed by atoms with van der Waals surface area (Å²) in [7, 11) is 1.71. The number of nitrogens with one attached hydrogen (secondary N) is 1. The lowest BCUT2D eigenvalue weighted by molar-refractivity contribution is 0.127. The van der Waals surface area contributed by atoms with E-state index in [9.17, 15) is 4.79 Å². The van der Waals surface area contributed by atoms with Crippen molar-refractivity contribution in [3.05, 3.63) is 156 Å². The smallest absolute Gasteiger partial charge is 0.405 e. The standard InChI is InChI=1S/C30H34Cl3N3O.C22H26Cl3N3.C3H4Cl2O2/c1-37-27-9-2-22(3-10-27)19-34-14-12-23(13-15-34)20-35-16-17-36(29-11-8-26(32)18-28(29)33)30(21-35)24-4-6-25(31)7-5-24;23-18-3-1-17(2-4-18)22-15-27(14-16-7-9-26-10-8-16)11-12-28(22)21-6-5-19(24)13-20(21)25;1-2(4)7-3(5)6/h2-11,18,23,30H,12-17,19-21H2,1H3;1-6,13,16,22,26H,7-12,14-15H2;2H,1H3/t30-;22-;/m00./s1. The van der Waals surface area contributed by atoms with Crippen LogP contribution in [0, 0.1) is 11.8 Å². The van der Waals surface area contributed by atoms with E-state index in [1.807, 2.05) is 60.7 Å². The summed E-state index contributed by atoms with van der Waals surface area (Å²) in [5.74, 6) is 2.43. The van der Waals surface area contributed by atoms with Crippen LogP contribution in [-0.2, 0) is 11.3 Å². The number of likely N-dealkylation sites (tertiary alicyclic amines) is 1. The topological polar surface area (TPSA) is 63.8 Å². The lowest BCUT2D eigenvalue weighted by Gasteiger charge is -2.45. The maximum absolute atomic E-state index is 9.71. The number of carbonyl (C=O) groups excluding carboxylic acids is 1. The van der Waals surface area contributed by atoms with Crippen LogP contribution in [0.5, 0.6) is 5.75 Å². The first-order valence-electron chi connectivity index (χ1n) is 24.7. The zero-order valence-corrected chi connectivity index (χ0v) is 46.8. The summed E-state index contributed by atoms with van der Waals surface area (Å²) in [5.41, 5.74) is 4.46. The highest BCUT2D eigenvalue weighted by molar-refractivity contribution is 6.61. The Morgan fingerprint density at radius 3 is 1.43 bits per heavy atom. The van der Waals surface area contributed by atoms with E-state index in [2.05, 4.69) is 83.1 Å². The van der Waals surface area contributed by atoms with Gasteiger partial charge in [0.1, 0.15) is 5.75 Å². The molecule has 17 heteroatoms. The predicted octanol–water partition coefficient (Wildman–Crippen LogP) is 14.9. The molecule has 1 unspecified atom stereocenters. The molecule has 0 aliphatic carbocycles. The van der Waals surface area contributed by atoms with Crippen LogP contribution < -0.4 is 19.9 Å². The van der Waals surface area contributed by atoms with Crippen molar-refractivity contribution < 1.29 is 14.3 Å². The Kier molecular flexibility index (Phi) is 22.4. The van der Waals surface area contributed by atoms with Gasteiger partial charge in [0.15, 0.2) is 5.56 Å². The molecule has 9 nitrogen and oxygen atoms in total. The number of nitrogens with zero attached hydrogens (tertiary/aromatic N) is 5. The number of alkyl halides is 1. The highest BCUT2D eigenvalue weighted by Gasteiger charge is 2.33. The molecule has 5 aromatic carbocycles. The van der Waals surface area contributed by atoms with Gasteiger partial charge in [0.25, 0.3) is 0 Å². The molecule has 9 rings (SSSR count). The zero-order chi connectivity index (χ0) is 51.1. The van der Waals surface area contributed by atoms with Crippen LogP contribution in [0.1, 0.15) is 61.4 Å². The first-order valence-corrected chi connectivity index (χ1v) is 27.7. The van der Waals surface area contributed by atoms with Gasteiger partial charge in [-0.3, -0.25) is 14.7 Å². The Morgan fingerprint density at radius 1 is 0.583 bits per heavy atom. The molecule has 72 heavy (non-hydrogen) atoms. The number of hydrogen-bond acceptors (Lipinski definition) is 9. The average Bonchev–Trinajstić information content (AvgIpc) is 3.36. The van der Waals surface area contributed by atoms with Crippen molar-refractivity contribution in [2.75, 3.05) is 95.4 Å². The number of anilines is 2. The van der Waals surface area contributed by atoms with Crippen LogP contribution in [0.25, 0.3) is 0 Å². The molecule has 0 spiro atoms. The number of hydrogen-bond donors (Lipinski definition) is 1. The summed E-state index contributed by atoms with van der Waals surface area (Å²) in [5, 5.41) is 7.72. The fraction of sp³-hybridized carbons (Fsp3) is 0.436. The van der Waals surface area contributed by atoms with Crippen molar-refractivity contribution in [2.24, 2.45) is 11.8 Å². The Bertz CT molecular complexity index is 2460. The van der Waals surface area contributed by atoms with Crippen LogP contribution in [0.4, 0.5) is 16.2 Å². The fourth-order valence-electron chi connectivity index (χ4n) is 10.2. The zero-order valence-electron chi connectivity index (χ0n) is 40.8. The maximum atomic E-state index is 9.71. The predicted molar refractivity (Wildman–Crippen MR) is 303 cm³/mol. The highest BCUT2D eigenvalue weighted by atomic mass is 35.5. The number of piperazine rings is 2. The second-order valence-electron chi connectivity index (χ2n) is 18.9. The molecule has 3 atom stereocenters. The van der Waals surface area contributed by atoms with Crippen molar-refractivity contribution in [1.82, 2.24) is 20.0 Å². The highest BCUT2D eigenvalue weighted by Crippen LogP contribution is 2.39. The van der Waals surface area contributed by atoms with E-state index in [-0.39, 0.29) is 12.1 Å². The first kappa shape index (κ1) is 56.8. The maximum Gasteiger partial charge on any atom is 0.405 e. The van der Waals surface area contributed by atoms with Crippen LogP contribution in [0.3, 0.4) is 0 Å². The molecule has 0 aromatic heterocycles. The van der Waals surface area contributed by atoms with E-state index >= 15 is 0 Å². The molecule has 0 saturated carbocycles. The molecule has 1 N–H and O–H groups in total. The van der Waals surface area contributed by atoms with Crippen molar-refractivity contribution in [3.8, 4) is 5.75 Å². The summed E-state index contributed by atoms with van der Waals surface area (Å²) in [6, 6.07) is 37.0. The van der Waals surface area contributed by atoms with Gasteiger partial charge >= 0.3 is 5.43 Å². The molecule has 0 bridgehead atoms. The van der Waals surface area contributed by atoms with Gasteiger partial charge in [0.2, 0.25) is 0 Å².